The molecular formula is C20H32N6OS. The van der Waals surface area contributed by atoms with Gasteiger partial charge in [0.1, 0.15) is 18.1 Å². The van der Waals surface area contributed by atoms with Crippen molar-refractivity contribution in [1.29, 1.82) is 0 Å². The van der Waals surface area contributed by atoms with Crippen LogP contribution in [0.15, 0.2) is 29.3 Å². The van der Waals surface area contributed by atoms with Crippen LogP contribution in [0.5, 0.6) is 5.75 Å². The van der Waals surface area contributed by atoms with Gasteiger partial charge in [0.2, 0.25) is 0 Å². The maximum Gasteiger partial charge on any atom is 0.191 e. The van der Waals surface area contributed by atoms with E-state index in [1.54, 1.807) is 7.11 Å². The normalized spacial score (nSPS) is 12.1. The van der Waals surface area contributed by atoms with Gasteiger partial charge in [0, 0.05) is 24.9 Å². The maximum absolute atomic E-state index is 5.21. The lowest BCUT2D eigenvalue weighted by Gasteiger charge is -2.24. The summed E-state index contributed by atoms with van der Waals surface area (Å²) in [5.41, 5.74) is 1.25. The molecule has 7 nitrogen and oxygen atoms in total. The number of hydrogen-bond acceptors (Lipinski definition) is 5. The Labute approximate surface area is 172 Å². The Bertz CT molecular complexity index is 770. The molecule has 1 aromatic carbocycles. The van der Waals surface area contributed by atoms with Gasteiger partial charge in [-0.15, -0.1) is 10.2 Å². The van der Waals surface area contributed by atoms with Crippen molar-refractivity contribution in [2.75, 3.05) is 26.5 Å². The highest BCUT2D eigenvalue weighted by Crippen LogP contribution is 2.19. The summed E-state index contributed by atoms with van der Waals surface area (Å²) < 4.78 is 7.30. The molecule has 2 N–H and O–H groups in total. The van der Waals surface area contributed by atoms with Crippen LogP contribution in [-0.4, -0.2) is 51.9 Å². The Morgan fingerprint density at radius 3 is 2.50 bits per heavy atom. The third kappa shape index (κ3) is 6.74. The number of rotatable bonds is 9. The van der Waals surface area contributed by atoms with Crippen molar-refractivity contribution in [3.8, 4) is 5.75 Å². The lowest BCUT2D eigenvalue weighted by atomic mass is 10.1. The number of nitrogens with zero attached hydrogens (tertiary/aromatic N) is 4. The monoisotopic (exact) mass is 404 g/mol. The zero-order chi connectivity index (χ0) is 20.6. The van der Waals surface area contributed by atoms with Gasteiger partial charge in [0.05, 0.1) is 7.11 Å². The number of aromatic nitrogens is 3. The van der Waals surface area contributed by atoms with E-state index in [9.17, 15) is 0 Å². The van der Waals surface area contributed by atoms with Gasteiger partial charge >= 0.3 is 0 Å². The first-order valence-corrected chi connectivity index (χ1v) is 10.6. The van der Waals surface area contributed by atoms with E-state index in [-0.39, 0.29) is 4.75 Å². The molecule has 0 spiro atoms. The lowest BCUT2D eigenvalue weighted by Crippen LogP contribution is -2.44. The number of thioether (sulfide) groups is 1. The Hall–Kier alpha value is -2.22. The molecule has 8 heteroatoms. The minimum atomic E-state index is 0.125. The summed E-state index contributed by atoms with van der Waals surface area (Å²) in [6.45, 7) is 8.45. The number of guanidine groups is 1. The van der Waals surface area contributed by atoms with Gasteiger partial charge in [0.15, 0.2) is 11.8 Å². The van der Waals surface area contributed by atoms with Crippen molar-refractivity contribution in [3.63, 3.8) is 0 Å². The standard InChI is InChI=1S/C20H32N6OS/c1-15-24-25-18(26(15)4)13-22-19(23-14-20(2,3)28-6)21-12-11-16-7-9-17(27-5)10-8-16/h7-10H,11-14H2,1-6H3,(H2,21,22,23). The van der Waals surface area contributed by atoms with Gasteiger partial charge < -0.3 is 19.9 Å². The molecule has 0 aliphatic rings. The number of aryl methyl sites for hydroxylation is 1. The average molecular weight is 405 g/mol. The van der Waals surface area contributed by atoms with Crippen LogP contribution in [0, 0.1) is 6.92 Å². The molecule has 0 radical (unpaired) electrons. The van der Waals surface area contributed by atoms with Crippen LogP contribution in [0.1, 0.15) is 31.1 Å². The molecular weight excluding hydrogens is 372 g/mol. The van der Waals surface area contributed by atoms with Crippen LogP contribution in [0.3, 0.4) is 0 Å². The second-order valence-corrected chi connectivity index (χ2v) is 8.74. The third-order valence-electron chi connectivity index (χ3n) is 4.66. The summed E-state index contributed by atoms with van der Waals surface area (Å²) in [7, 11) is 3.64. The molecule has 0 aliphatic carbocycles. The highest BCUT2D eigenvalue weighted by atomic mass is 32.2. The fourth-order valence-corrected chi connectivity index (χ4v) is 2.62. The Morgan fingerprint density at radius 2 is 1.93 bits per heavy atom. The molecule has 0 bridgehead atoms. The van der Waals surface area contributed by atoms with Crippen LogP contribution in [0.25, 0.3) is 0 Å². The van der Waals surface area contributed by atoms with Crippen molar-refractivity contribution in [3.05, 3.63) is 41.5 Å². The van der Waals surface area contributed by atoms with Gasteiger partial charge in [-0.2, -0.15) is 11.8 Å². The zero-order valence-corrected chi connectivity index (χ0v) is 18.6. The average Bonchev–Trinajstić information content (AvgIpc) is 3.02. The highest BCUT2D eigenvalue weighted by Gasteiger charge is 2.16. The fraction of sp³-hybridized carbons (Fsp3) is 0.550. The van der Waals surface area contributed by atoms with Crippen LogP contribution < -0.4 is 15.4 Å². The molecule has 1 aromatic heterocycles. The van der Waals surface area contributed by atoms with Crippen molar-refractivity contribution in [2.24, 2.45) is 12.0 Å². The van der Waals surface area contributed by atoms with Gasteiger partial charge in [-0.05, 0) is 51.1 Å². The summed E-state index contributed by atoms with van der Waals surface area (Å²) in [5, 5.41) is 15.2. The number of hydrogen-bond donors (Lipinski definition) is 2. The summed E-state index contributed by atoms with van der Waals surface area (Å²) in [5.74, 6) is 3.39. The maximum atomic E-state index is 5.21. The minimum absolute atomic E-state index is 0.125. The van der Waals surface area contributed by atoms with Crippen LogP contribution in [0.2, 0.25) is 0 Å². The van der Waals surface area contributed by atoms with E-state index in [4.69, 9.17) is 9.73 Å². The zero-order valence-electron chi connectivity index (χ0n) is 17.7. The number of ether oxygens (including phenoxy) is 1. The van der Waals surface area contributed by atoms with Crippen LogP contribution >= 0.6 is 11.8 Å². The number of aliphatic imine (C=N–C) groups is 1. The molecule has 2 aromatic rings. The quantitative estimate of drug-likeness (QED) is 0.494. The summed E-state index contributed by atoms with van der Waals surface area (Å²) in [4.78, 5) is 4.71. The number of methoxy groups -OCH3 is 1. The second-order valence-electron chi connectivity index (χ2n) is 7.23. The van der Waals surface area contributed by atoms with Crippen molar-refractivity contribution in [1.82, 2.24) is 25.4 Å². The molecule has 0 unspecified atom stereocenters. The molecule has 154 valence electrons. The molecule has 0 saturated carbocycles. The fourth-order valence-electron chi connectivity index (χ4n) is 2.40. The highest BCUT2D eigenvalue weighted by molar-refractivity contribution is 7.99. The molecule has 1 heterocycles. The smallest absolute Gasteiger partial charge is 0.191 e. The Morgan fingerprint density at radius 1 is 1.21 bits per heavy atom. The number of benzene rings is 1. The first-order valence-electron chi connectivity index (χ1n) is 9.40. The Balaban J connectivity index is 1.97. The SMILES string of the molecule is COc1ccc(CCNC(=NCc2nnc(C)n2C)NCC(C)(C)SC)cc1. The summed E-state index contributed by atoms with van der Waals surface area (Å²) in [6, 6.07) is 8.15. The summed E-state index contributed by atoms with van der Waals surface area (Å²) >= 11 is 1.83. The molecule has 0 amide bonds. The molecule has 0 fully saturated rings. The van der Waals surface area contributed by atoms with Crippen molar-refractivity contribution in [2.45, 2.75) is 38.5 Å². The predicted octanol–water partition coefficient (Wildman–Crippen LogP) is 2.55. The largest absolute Gasteiger partial charge is 0.497 e. The van der Waals surface area contributed by atoms with E-state index in [1.807, 2.05) is 42.4 Å². The summed E-state index contributed by atoms with van der Waals surface area (Å²) in [6.07, 6.45) is 3.03. The molecule has 2 rings (SSSR count). The molecule has 0 aliphatic heterocycles. The molecule has 0 atom stereocenters. The van der Waals surface area contributed by atoms with Gasteiger partial charge in [0.25, 0.3) is 0 Å². The van der Waals surface area contributed by atoms with E-state index in [1.165, 1.54) is 5.56 Å². The lowest BCUT2D eigenvalue weighted by molar-refractivity contribution is 0.414. The van der Waals surface area contributed by atoms with Crippen molar-refractivity contribution < 1.29 is 4.74 Å². The number of nitrogens with one attached hydrogen (secondary N) is 2. The van der Waals surface area contributed by atoms with E-state index in [0.29, 0.717) is 6.54 Å². The minimum Gasteiger partial charge on any atom is -0.497 e. The van der Waals surface area contributed by atoms with Crippen LogP contribution in [-0.2, 0) is 20.0 Å². The van der Waals surface area contributed by atoms with E-state index in [2.05, 4.69) is 53.1 Å². The van der Waals surface area contributed by atoms with Gasteiger partial charge in [-0.25, -0.2) is 4.99 Å². The predicted molar refractivity (Wildman–Crippen MR) is 117 cm³/mol. The van der Waals surface area contributed by atoms with Gasteiger partial charge in [-0.1, -0.05) is 12.1 Å². The van der Waals surface area contributed by atoms with E-state index >= 15 is 0 Å². The Kier molecular flexibility index (Phi) is 8.17. The van der Waals surface area contributed by atoms with Gasteiger partial charge in [-0.3, -0.25) is 0 Å². The van der Waals surface area contributed by atoms with E-state index < -0.39 is 0 Å². The van der Waals surface area contributed by atoms with Crippen molar-refractivity contribution >= 4 is 17.7 Å². The van der Waals surface area contributed by atoms with Crippen LogP contribution in [0.4, 0.5) is 0 Å². The second kappa shape index (κ2) is 10.4. The topological polar surface area (TPSA) is 76.4 Å². The first-order chi connectivity index (χ1) is 13.3. The molecule has 0 saturated heterocycles. The molecule has 28 heavy (non-hydrogen) atoms. The third-order valence-corrected chi connectivity index (χ3v) is 5.91. The first kappa shape index (κ1) is 22.1. The van der Waals surface area contributed by atoms with E-state index in [0.717, 1.165) is 42.9 Å².